The van der Waals surface area contributed by atoms with Gasteiger partial charge in [0.15, 0.2) is 0 Å². The van der Waals surface area contributed by atoms with Crippen molar-refractivity contribution in [3.8, 4) is 0 Å². The van der Waals surface area contributed by atoms with E-state index in [1.54, 1.807) is 0 Å². The third kappa shape index (κ3) is 6.72. The van der Waals surface area contributed by atoms with E-state index >= 15 is 0 Å². The molecule has 0 spiro atoms. The summed E-state index contributed by atoms with van der Waals surface area (Å²) in [5.41, 5.74) is 0. The second-order valence-electron chi connectivity index (χ2n) is 5.64. The maximum Gasteiger partial charge on any atom is 0.0466 e. The van der Waals surface area contributed by atoms with Gasteiger partial charge in [0, 0.05) is 45.4 Å². The van der Waals surface area contributed by atoms with E-state index in [1.807, 2.05) is 0 Å². The first-order chi connectivity index (χ1) is 8.74. The summed E-state index contributed by atoms with van der Waals surface area (Å²) in [6.45, 7) is 14.9. The molecule has 3 heteroatoms. The van der Waals surface area contributed by atoms with Crippen molar-refractivity contribution in [2.24, 2.45) is 0 Å². The Morgan fingerprint density at radius 1 is 0.944 bits per heavy atom. The van der Waals surface area contributed by atoms with Crippen LogP contribution in [-0.2, 0) is 4.74 Å². The first kappa shape index (κ1) is 15.9. The lowest BCUT2D eigenvalue weighted by atomic mass is 10.2. The maximum absolute atomic E-state index is 5.59. The van der Waals surface area contributed by atoms with E-state index in [4.69, 9.17) is 4.74 Å². The Morgan fingerprint density at radius 3 is 2.22 bits per heavy atom. The highest BCUT2D eigenvalue weighted by Gasteiger charge is 2.17. The number of nitrogens with zero attached hydrogens (tertiary/aromatic N) is 2. The van der Waals surface area contributed by atoms with Gasteiger partial charge in [0.2, 0.25) is 0 Å². The molecule has 1 rings (SSSR count). The Morgan fingerprint density at radius 2 is 1.61 bits per heavy atom. The molecule has 0 unspecified atom stereocenters. The van der Waals surface area contributed by atoms with Crippen LogP contribution >= 0.6 is 0 Å². The molecule has 3 nitrogen and oxygen atoms in total. The van der Waals surface area contributed by atoms with Crippen LogP contribution in [0, 0.1) is 0 Å². The summed E-state index contributed by atoms with van der Waals surface area (Å²) in [6.07, 6.45) is 4.94. The van der Waals surface area contributed by atoms with E-state index < -0.39 is 0 Å². The van der Waals surface area contributed by atoms with Gasteiger partial charge >= 0.3 is 0 Å². The van der Waals surface area contributed by atoms with Gasteiger partial charge in [-0.1, -0.05) is 13.3 Å². The van der Waals surface area contributed by atoms with E-state index in [0.29, 0.717) is 6.04 Å². The number of hydrogen-bond acceptors (Lipinski definition) is 3. The molecule has 1 aliphatic rings. The van der Waals surface area contributed by atoms with Gasteiger partial charge in [-0.05, 0) is 39.7 Å². The van der Waals surface area contributed by atoms with Crippen LogP contribution in [0.25, 0.3) is 0 Å². The van der Waals surface area contributed by atoms with E-state index in [-0.39, 0.29) is 0 Å². The zero-order chi connectivity index (χ0) is 13.2. The van der Waals surface area contributed by atoms with Gasteiger partial charge in [-0.2, -0.15) is 0 Å². The molecule has 0 bridgehead atoms. The summed E-state index contributed by atoms with van der Waals surface area (Å²) in [6, 6.07) is 0.708. The predicted octanol–water partition coefficient (Wildman–Crippen LogP) is 2.61. The van der Waals surface area contributed by atoms with Crippen molar-refractivity contribution in [2.75, 3.05) is 45.9 Å². The molecule has 0 aromatic rings. The highest BCUT2D eigenvalue weighted by Crippen LogP contribution is 2.06. The standard InChI is InChI=1S/C15H32N2O/c1-4-5-13-18-14-7-6-8-16-9-11-17(12-10-16)15(2)3/h15H,4-14H2,1-3H3. The Labute approximate surface area is 113 Å². The van der Waals surface area contributed by atoms with Crippen LogP contribution in [0.15, 0.2) is 0 Å². The molecule has 0 atom stereocenters. The fourth-order valence-corrected chi connectivity index (χ4v) is 2.39. The molecule has 1 fully saturated rings. The van der Waals surface area contributed by atoms with Gasteiger partial charge in [-0.3, -0.25) is 4.90 Å². The number of hydrogen-bond donors (Lipinski definition) is 0. The zero-order valence-electron chi connectivity index (χ0n) is 12.7. The van der Waals surface area contributed by atoms with Gasteiger partial charge in [-0.15, -0.1) is 0 Å². The van der Waals surface area contributed by atoms with Crippen molar-refractivity contribution >= 4 is 0 Å². The third-order valence-electron chi connectivity index (χ3n) is 3.79. The average Bonchev–Trinajstić information content (AvgIpc) is 2.38. The van der Waals surface area contributed by atoms with Crippen LogP contribution in [0.5, 0.6) is 0 Å². The fourth-order valence-electron chi connectivity index (χ4n) is 2.39. The van der Waals surface area contributed by atoms with Crippen LogP contribution in [0.1, 0.15) is 46.5 Å². The molecule has 0 saturated carbocycles. The molecule has 0 aromatic carbocycles. The normalized spacial score (nSPS) is 18.7. The van der Waals surface area contributed by atoms with Crippen LogP contribution < -0.4 is 0 Å². The highest BCUT2D eigenvalue weighted by molar-refractivity contribution is 4.73. The summed E-state index contributed by atoms with van der Waals surface area (Å²) >= 11 is 0. The van der Waals surface area contributed by atoms with Gasteiger partial charge < -0.3 is 9.64 Å². The van der Waals surface area contributed by atoms with E-state index in [9.17, 15) is 0 Å². The Bertz CT molecular complexity index is 189. The van der Waals surface area contributed by atoms with Crippen molar-refractivity contribution in [2.45, 2.75) is 52.5 Å². The van der Waals surface area contributed by atoms with Crippen molar-refractivity contribution in [3.63, 3.8) is 0 Å². The molecule has 0 aromatic heterocycles. The van der Waals surface area contributed by atoms with E-state index in [0.717, 1.165) is 13.2 Å². The second-order valence-corrected chi connectivity index (χ2v) is 5.64. The lowest BCUT2D eigenvalue weighted by Crippen LogP contribution is -2.48. The topological polar surface area (TPSA) is 15.7 Å². The maximum atomic E-state index is 5.59. The number of unbranched alkanes of at least 4 members (excludes halogenated alkanes) is 2. The van der Waals surface area contributed by atoms with Crippen LogP contribution in [0.3, 0.4) is 0 Å². The van der Waals surface area contributed by atoms with Gasteiger partial charge in [0.05, 0.1) is 0 Å². The summed E-state index contributed by atoms with van der Waals surface area (Å²) in [4.78, 5) is 5.18. The first-order valence-electron chi connectivity index (χ1n) is 7.78. The molecule has 0 amide bonds. The average molecular weight is 256 g/mol. The SMILES string of the molecule is CCCCOCCCCN1CCN(C(C)C)CC1. The molecular formula is C15H32N2O. The van der Waals surface area contributed by atoms with Crippen LogP contribution in [0.4, 0.5) is 0 Å². The van der Waals surface area contributed by atoms with E-state index in [1.165, 1.54) is 58.4 Å². The van der Waals surface area contributed by atoms with Gasteiger partial charge in [0.25, 0.3) is 0 Å². The third-order valence-corrected chi connectivity index (χ3v) is 3.79. The van der Waals surface area contributed by atoms with Crippen molar-refractivity contribution in [3.05, 3.63) is 0 Å². The summed E-state index contributed by atoms with van der Waals surface area (Å²) in [5, 5.41) is 0. The molecule has 0 N–H and O–H groups in total. The Balaban J connectivity index is 1.91. The summed E-state index contributed by atoms with van der Waals surface area (Å²) in [5.74, 6) is 0. The van der Waals surface area contributed by atoms with Gasteiger partial charge in [-0.25, -0.2) is 0 Å². The fraction of sp³-hybridized carbons (Fsp3) is 1.00. The molecule has 1 aliphatic heterocycles. The van der Waals surface area contributed by atoms with E-state index in [2.05, 4.69) is 30.6 Å². The Kier molecular flexibility index (Phi) is 8.64. The van der Waals surface area contributed by atoms with Crippen LogP contribution in [0.2, 0.25) is 0 Å². The first-order valence-corrected chi connectivity index (χ1v) is 7.78. The van der Waals surface area contributed by atoms with Crippen molar-refractivity contribution < 1.29 is 4.74 Å². The van der Waals surface area contributed by atoms with Gasteiger partial charge in [0.1, 0.15) is 0 Å². The monoisotopic (exact) mass is 256 g/mol. The number of ether oxygens (including phenoxy) is 1. The largest absolute Gasteiger partial charge is 0.381 e. The minimum absolute atomic E-state index is 0.708. The number of piperazine rings is 1. The zero-order valence-corrected chi connectivity index (χ0v) is 12.7. The molecule has 0 aliphatic carbocycles. The lowest BCUT2D eigenvalue weighted by molar-refractivity contribution is 0.0985. The molecule has 18 heavy (non-hydrogen) atoms. The smallest absolute Gasteiger partial charge is 0.0466 e. The highest BCUT2D eigenvalue weighted by atomic mass is 16.5. The Hall–Kier alpha value is -0.120. The molecule has 108 valence electrons. The molecule has 1 heterocycles. The molecule has 0 radical (unpaired) electrons. The molecule has 1 saturated heterocycles. The second kappa shape index (κ2) is 9.76. The minimum atomic E-state index is 0.708. The summed E-state index contributed by atoms with van der Waals surface area (Å²) < 4.78 is 5.59. The summed E-state index contributed by atoms with van der Waals surface area (Å²) in [7, 11) is 0. The molecular weight excluding hydrogens is 224 g/mol. The quantitative estimate of drug-likeness (QED) is 0.590. The number of rotatable bonds is 9. The minimum Gasteiger partial charge on any atom is -0.381 e. The van der Waals surface area contributed by atoms with Crippen molar-refractivity contribution in [1.29, 1.82) is 0 Å². The lowest BCUT2D eigenvalue weighted by Gasteiger charge is -2.36. The predicted molar refractivity (Wildman–Crippen MR) is 78.1 cm³/mol. The van der Waals surface area contributed by atoms with Crippen molar-refractivity contribution in [1.82, 2.24) is 9.80 Å². The van der Waals surface area contributed by atoms with Crippen LogP contribution in [-0.4, -0.2) is 61.8 Å².